The molecular weight excluding hydrogens is 420 g/mol. The smallest absolute Gasteiger partial charge is 0.309 e. The first-order valence-electron chi connectivity index (χ1n) is 9.60. The molecule has 1 aromatic carbocycles. The van der Waals surface area contributed by atoms with Crippen molar-refractivity contribution in [1.29, 1.82) is 5.41 Å². The number of nitrogens with one attached hydrogen (secondary N) is 1. The van der Waals surface area contributed by atoms with Gasteiger partial charge in [0, 0.05) is 15.5 Å². The highest BCUT2D eigenvalue weighted by atomic mass is 35.5. The van der Waals surface area contributed by atoms with Crippen molar-refractivity contribution >= 4 is 51.8 Å². The summed E-state index contributed by atoms with van der Waals surface area (Å²) >= 11 is 7.63. The van der Waals surface area contributed by atoms with E-state index in [2.05, 4.69) is 0 Å². The van der Waals surface area contributed by atoms with Crippen molar-refractivity contribution in [2.75, 3.05) is 0 Å². The highest BCUT2D eigenvalue weighted by Gasteiger charge is 2.33. The maximum Gasteiger partial charge on any atom is 0.309 e. The normalized spacial score (nSPS) is 16.6. The van der Waals surface area contributed by atoms with E-state index < -0.39 is 17.6 Å². The van der Waals surface area contributed by atoms with E-state index in [0.717, 1.165) is 32.3 Å². The number of aliphatic imine (C=N–C) groups is 1. The number of hydrogen-bond acceptors (Lipinski definition) is 6. The van der Waals surface area contributed by atoms with Crippen LogP contribution in [0.15, 0.2) is 29.3 Å². The van der Waals surface area contributed by atoms with E-state index in [1.165, 1.54) is 6.34 Å². The Morgan fingerprint density at radius 3 is 2.53 bits per heavy atom. The van der Waals surface area contributed by atoms with Crippen molar-refractivity contribution in [2.45, 2.75) is 52.7 Å². The number of esters is 1. The van der Waals surface area contributed by atoms with Gasteiger partial charge >= 0.3 is 5.97 Å². The van der Waals surface area contributed by atoms with Crippen LogP contribution in [0, 0.1) is 19.3 Å². The highest BCUT2D eigenvalue weighted by molar-refractivity contribution is 7.16. The largest absolute Gasteiger partial charge is 0.460 e. The Kier molecular flexibility index (Phi) is 6.15. The highest BCUT2D eigenvalue weighted by Crippen LogP contribution is 2.38. The van der Waals surface area contributed by atoms with Gasteiger partial charge in [0.05, 0.1) is 17.7 Å². The fourth-order valence-electron chi connectivity index (χ4n) is 3.27. The Balaban J connectivity index is 2.19. The van der Waals surface area contributed by atoms with Gasteiger partial charge in [0.1, 0.15) is 11.6 Å². The Morgan fingerprint density at radius 1 is 1.33 bits per heavy atom. The monoisotopic (exact) mass is 445 g/mol. The van der Waals surface area contributed by atoms with Crippen LogP contribution in [0.4, 0.5) is 5.00 Å². The Hall–Kier alpha value is -2.51. The maximum absolute atomic E-state index is 12.5. The molecule has 3 rings (SSSR count). The quantitative estimate of drug-likeness (QED) is 0.312. The van der Waals surface area contributed by atoms with Gasteiger partial charge in [0.25, 0.3) is 0 Å². The summed E-state index contributed by atoms with van der Waals surface area (Å²) in [6.45, 7) is 9.52. The van der Waals surface area contributed by atoms with E-state index in [4.69, 9.17) is 32.5 Å². The second-order valence-corrected chi connectivity index (χ2v) is 9.82. The molecule has 158 valence electrons. The third kappa shape index (κ3) is 4.47. The van der Waals surface area contributed by atoms with Gasteiger partial charge in [-0.15, -0.1) is 11.3 Å². The lowest BCUT2D eigenvalue weighted by Gasteiger charge is -2.20. The van der Waals surface area contributed by atoms with Crippen LogP contribution in [0.3, 0.4) is 0 Å². The summed E-state index contributed by atoms with van der Waals surface area (Å²) in [6, 6.07) is 6.76. The molecule has 8 heteroatoms. The van der Waals surface area contributed by atoms with Crippen LogP contribution >= 0.6 is 22.9 Å². The average molecular weight is 446 g/mol. The molecule has 0 amide bonds. The Bertz CT molecular complexity index is 1060. The predicted molar refractivity (Wildman–Crippen MR) is 123 cm³/mol. The zero-order valence-electron chi connectivity index (χ0n) is 17.7. The third-order valence-electron chi connectivity index (χ3n) is 4.75. The van der Waals surface area contributed by atoms with Crippen LogP contribution in [0.2, 0.25) is 5.02 Å². The van der Waals surface area contributed by atoms with E-state index in [1.54, 1.807) is 15.9 Å². The van der Waals surface area contributed by atoms with Crippen molar-refractivity contribution in [3.63, 3.8) is 0 Å². The number of aryl methyl sites for hydroxylation is 1. The number of carbonyl (C=O) groups is 1. The number of nitrogens with two attached hydrogens (primary N) is 1. The minimum atomic E-state index is -0.661. The predicted octanol–water partition coefficient (Wildman–Crippen LogP) is 4.58. The molecule has 1 aromatic heterocycles. The maximum atomic E-state index is 12.5. The Morgan fingerprint density at radius 2 is 1.97 bits per heavy atom. The summed E-state index contributed by atoms with van der Waals surface area (Å²) < 4.78 is 7.10. The summed E-state index contributed by atoms with van der Waals surface area (Å²) in [5, 5.41) is 9.42. The number of amidine groups is 1. The SMILES string of the molecule is Cc1sc2c(c1C)C(c1ccc(Cl)cc1)=N[C@@H](CC(=O)OC(C)(C)C)C(N)=[N+]2C=N. The van der Waals surface area contributed by atoms with Crippen LogP contribution in [0.1, 0.15) is 48.8 Å². The lowest BCUT2D eigenvalue weighted by atomic mass is 9.99. The van der Waals surface area contributed by atoms with Crippen molar-refractivity contribution in [3.8, 4) is 0 Å². The molecule has 0 bridgehead atoms. The molecule has 1 atom stereocenters. The molecule has 0 spiro atoms. The van der Waals surface area contributed by atoms with E-state index in [1.807, 2.05) is 58.9 Å². The van der Waals surface area contributed by atoms with Gasteiger partial charge in [0.2, 0.25) is 12.2 Å². The summed E-state index contributed by atoms with van der Waals surface area (Å²) in [4.78, 5) is 18.6. The summed E-state index contributed by atoms with van der Waals surface area (Å²) in [5.74, 6) is -0.0694. The number of ether oxygens (including phenoxy) is 1. The van der Waals surface area contributed by atoms with Crippen LogP contribution < -0.4 is 5.73 Å². The van der Waals surface area contributed by atoms with Gasteiger partial charge in [-0.3, -0.25) is 9.79 Å². The number of hydrogen-bond donors (Lipinski definition) is 2. The topological polar surface area (TPSA) is 91.5 Å². The first-order chi connectivity index (χ1) is 14.0. The number of benzene rings is 1. The van der Waals surface area contributed by atoms with Gasteiger partial charge in [-0.2, -0.15) is 9.98 Å². The lowest BCUT2D eigenvalue weighted by molar-refractivity contribution is -0.294. The molecule has 30 heavy (non-hydrogen) atoms. The van der Waals surface area contributed by atoms with Gasteiger partial charge in [-0.1, -0.05) is 23.7 Å². The number of fused-ring (bicyclic) bond motifs is 1. The molecule has 0 saturated heterocycles. The van der Waals surface area contributed by atoms with Gasteiger partial charge in [-0.05, 0) is 52.3 Å². The standard InChI is InChI=1S/C22H25ClN4O2S/c1-12-13(2)30-21-18(12)19(14-6-8-15(23)9-7-14)26-16(20(25)27(21)11-24)10-17(28)29-22(3,4)5/h6-9,11,16,24-25H,10H2,1-5H3/p+1/t16-/m0/s1. The molecule has 0 radical (unpaired) electrons. The molecule has 0 saturated carbocycles. The fourth-order valence-corrected chi connectivity index (χ4v) is 4.55. The van der Waals surface area contributed by atoms with E-state index in [0.29, 0.717) is 10.9 Å². The number of thiophene rings is 1. The summed E-state index contributed by atoms with van der Waals surface area (Å²) in [5.41, 5.74) is 9.42. The van der Waals surface area contributed by atoms with Crippen LogP contribution in [0.5, 0.6) is 0 Å². The number of carbonyl (C=O) groups excluding carboxylic acids is 1. The minimum Gasteiger partial charge on any atom is -0.460 e. The van der Waals surface area contributed by atoms with Crippen molar-refractivity contribution in [1.82, 2.24) is 0 Å². The molecule has 2 aromatic rings. The zero-order valence-corrected chi connectivity index (χ0v) is 19.3. The molecule has 0 unspecified atom stereocenters. The number of nitrogens with zero attached hydrogens (tertiary/aromatic N) is 2. The molecule has 2 heterocycles. The molecule has 0 aliphatic carbocycles. The first-order valence-corrected chi connectivity index (χ1v) is 10.8. The van der Waals surface area contributed by atoms with E-state index in [-0.39, 0.29) is 6.42 Å². The van der Waals surface area contributed by atoms with Crippen molar-refractivity contribution in [2.24, 2.45) is 10.7 Å². The first kappa shape index (κ1) is 22.2. The molecule has 3 N–H and O–H groups in total. The Labute approximate surface area is 185 Å². The lowest BCUT2D eigenvalue weighted by Crippen LogP contribution is -2.37. The molecular formula is C22H26ClN4O2S+. The number of rotatable bonds is 4. The van der Waals surface area contributed by atoms with E-state index >= 15 is 0 Å². The summed E-state index contributed by atoms with van der Waals surface area (Å²) in [7, 11) is 0. The van der Waals surface area contributed by atoms with Crippen molar-refractivity contribution < 1.29 is 14.1 Å². The average Bonchev–Trinajstić information content (AvgIpc) is 2.87. The fraction of sp³-hybridized carbons (Fsp3) is 0.364. The van der Waals surface area contributed by atoms with Gasteiger partial charge < -0.3 is 10.5 Å². The van der Waals surface area contributed by atoms with Gasteiger partial charge in [-0.25, -0.2) is 0 Å². The van der Waals surface area contributed by atoms with Gasteiger partial charge in [0.15, 0.2) is 5.00 Å². The van der Waals surface area contributed by atoms with Crippen LogP contribution in [-0.4, -0.2) is 40.1 Å². The third-order valence-corrected chi connectivity index (χ3v) is 6.21. The van der Waals surface area contributed by atoms with Crippen LogP contribution in [-0.2, 0) is 9.53 Å². The van der Waals surface area contributed by atoms with Crippen LogP contribution in [0.25, 0.3) is 0 Å². The zero-order chi connectivity index (χ0) is 22.2. The number of halogens is 1. The second kappa shape index (κ2) is 8.32. The molecule has 0 fully saturated rings. The molecule has 1 aliphatic rings. The van der Waals surface area contributed by atoms with E-state index in [9.17, 15) is 4.79 Å². The molecule has 1 aliphatic heterocycles. The van der Waals surface area contributed by atoms with Crippen molar-refractivity contribution in [3.05, 3.63) is 50.9 Å². The second-order valence-electron chi connectivity index (χ2n) is 8.18. The summed E-state index contributed by atoms with van der Waals surface area (Å²) in [6.07, 6.45) is 1.16. The minimum absolute atomic E-state index is 0.0164. The molecule has 6 nitrogen and oxygen atoms in total.